The molecule has 0 atom stereocenters. The number of carbonyl (C=O) groups excluding carboxylic acids is 2. The molecule has 0 aromatic rings. The first-order valence-corrected chi connectivity index (χ1v) is 11.1. The number of amides is 2. The van der Waals surface area contributed by atoms with Gasteiger partial charge in [-0.1, -0.05) is 19.6 Å². The van der Waals surface area contributed by atoms with Crippen LogP contribution in [0.5, 0.6) is 0 Å². The number of likely N-dealkylation sites (tertiary alicyclic amines) is 1. The second-order valence-corrected chi connectivity index (χ2v) is 13.3. The molecule has 0 saturated carbocycles. The Morgan fingerprint density at radius 3 is 2.29 bits per heavy atom. The highest BCUT2D eigenvalue weighted by atomic mass is 28.3. The van der Waals surface area contributed by atoms with Crippen molar-refractivity contribution in [2.45, 2.75) is 58.1 Å². The fourth-order valence-electron chi connectivity index (χ4n) is 1.70. The number of alkyl carbamates (subject to hydrolysis) is 1. The molecule has 1 rings (SSSR count). The Balaban J connectivity index is 2.17. The smallest absolute Gasteiger partial charge is 0.410 e. The van der Waals surface area contributed by atoms with Crippen LogP contribution in [0, 0.1) is 0 Å². The van der Waals surface area contributed by atoms with E-state index in [1.54, 1.807) is 4.90 Å². The van der Waals surface area contributed by atoms with Crippen molar-refractivity contribution in [3.63, 3.8) is 0 Å². The maximum atomic E-state index is 11.7. The summed E-state index contributed by atoms with van der Waals surface area (Å²) < 4.78 is 10.4. The molecule has 1 saturated heterocycles. The number of hydrogen-bond acceptors (Lipinski definition) is 4. The van der Waals surface area contributed by atoms with E-state index in [1.807, 2.05) is 20.8 Å². The van der Waals surface area contributed by atoms with E-state index >= 15 is 0 Å². The number of hydrogen-bond donors (Lipinski definition) is 1. The first-order valence-electron chi connectivity index (χ1n) is 7.37. The number of carbonyl (C=O) groups is 2. The van der Waals surface area contributed by atoms with Crippen LogP contribution >= 0.6 is 0 Å². The highest BCUT2D eigenvalue weighted by Gasteiger charge is 2.34. The second-order valence-electron chi connectivity index (χ2n) is 7.67. The molecule has 1 fully saturated rings. The summed E-state index contributed by atoms with van der Waals surface area (Å²) in [5, 5.41) is 2.76. The molecule has 122 valence electrons. The van der Waals surface area contributed by atoms with E-state index < -0.39 is 19.8 Å². The van der Waals surface area contributed by atoms with Crippen molar-refractivity contribution in [1.29, 1.82) is 0 Å². The molecule has 0 aromatic carbocycles. The van der Waals surface area contributed by atoms with Gasteiger partial charge in [-0.15, -0.1) is 0 Å². The van der Waals surface area contributed by atoms with Gasteiger partial charge >= 0.3 is 12.2 Å². The highest BCUT2D eigenvalue weighted by molar-refractivity contribution is 6.76. The van der Waals surface area contributed by atoms with Crippen molar-refractivity contribution in [2.75, 3.05) is 19.7 Å². The van der Waals surface area contributed by atoms with Crippen LogP contribution in [0.15, 0.2) is 0 Å². The third-order valence-electron chi connectivity index (χ3n) is 2.94. The van der Waals surface area contributed by atoms with E-state index in [0.717, 1.165) is 6.04 Å². The maximum Gasteiger partial charge on any atom is 0.410 e. The molecule has 1 N–H and O–H groups in total. The van der Waals surface area contributed by atoms with E-state index in [2.05, 4.69) is 25.0 Å². The molecule has 0 bridgehead atoms. The normalized spacial score (nSPS) is 16.2. The molecule has 7 heteroatoms. The van der Waals surface area contributed by atoms with Gasteiger partial charge in [0.1, 0.15) is 5.60 Å². The average Bonchev–Trinajstić information content (AvgIpc) is 2.17. The topological polar surface area (TPSA) is 67.9 Å². The summed E-state index contributed by atoms with van der Waals surface area (Å²) in [6.45, 7) is 13.6. The zero-order valence-corrected chi connectivity index (χ0v) is 15.0. The summed E-state index contributed by atoms with van der Waals surface area (Å²) in [6, 6.07) is 0.909. The lowest BCUT2D eigenvalue weighted by atomic mass is 10.1. The highest BCUT2D eigenvalue weighted by Crippen LogP contribution is 2.15. The summed E-state index contributed by atoms with van der Waals surface area (Å²) in [5.74, 6) is 0. The van der Waals surface area contributed by atoms with Crippen molar-refractivity contribution >= 4 is 20.3 Å². The van der Waals surface area contributed by atoms with Crippen molar-refractivity contribution in [3.05, 3.63) is 0 Å². The molecule has 0 aromatic heterocycles. The first kappa shape index (κ1) is 17.8. The van der Waals surface area contributed by atoms with Gasteiger partial charge in [-0.3, -0.25) is 0 Å². The summed E-state index contributed by atoms with van der Waals surface area (Å²) in [7, 11) is -1.18. The molecule has 0 unspecified atom stereocenters. The van der Waals surface area contributed by atoms with Gasteiger partial charge < -0.3 is 19.7 Å². The number of ether oxygens (including phenoxy) is 2. The molecule has 6 nitrogen and oxygen atoms in total. The molecule has 2 amide bonds. The SMILES string of the molecule is CC(C)(C)OC(=O)N1CC(NC(=O)OCC[Si](C)(C)C)C1. The van der Waals surface area contributed by atoms with Crippen molar-refractivity contribution in [1.82, 2.24) is 10.2 Å². The Labute approximate surface area is 128 Å². The van der Waals surface area contributed by atoms with Crippen LogP contribution in [-0.4, -0.2) is 56.5 Å². The molecular weight excluding hydrogens is 288 g/mol. The van der Waals surface area contributed by atoms with Crippen molar-refractivity contribution in [3.8, 4) is 0 Å². The minimum Gasteiger partial charge on any atom is -0.450 e. The minimum absolute atomic E-state index is 0.0445. The van der Waals surface area contributed by atoms with E-state index in [1.165, 1.54) is 0 Å². The van der Waals surface area contributed by atoms with E-state index in [9.17, 15) is 9.59 Å². The van der Waals surface area contributed by atoms with E-state index in [-0.39, 0.29) is 12.1 Å². The first-order chi connectivity index (χ1) is 9.46. The Morgan fingerprint density at radius 2 is 1.81 bits per heavy atom. The largest absolute Gasteiger partial charge is 0.450 e. The molecule has 21 heavy (non-hydrogen) atoms. The molecule has 0 radical (unpaired) electrons. The fourth-order valence-corrected chi connectivity index (χ4v) is 2.42. The van der Waals surface area contributed by atoms with Gasteiger partial charge in [-0.2, -0.15) is 0 Å². The third-order valence-corrected chi connectivity index (χ3v) is 4.64. The average molecular weight is 316 g/mol. The van der Waals surface area contributed by atoms with Gasteiger partial charge in [0.2, 0.25) is 0 Å². The van der Waals surface area contributed by atoms with Gasteiger partial charge in [-0.05, 0) is 26.8 Å². The number of nitrogens with one attached hydrogen (secondary N) is 1. The van der Waals surface area contributed by atoms with Crippen LogP contribution < -0.4 is 5.32 Å². The Kier molecular flexibility index (Phi) is 5.66. The van der Waals surface area contributed by atoms with Crippen LogP contribution in [0.2, 0.25) is 25.7 Å². The van der Waals surface area contributed by atoms with Crippen LogP contribution in [0.3, 0.4) is 0 Å². The summed E-state index contributed by atoms with van der Waals surface area (Å²) in [6.07, 6.45) is -0.741. The predicted molar refractivity (Wildman–Crippen MR) is 84.2 cm³/mol. The predicted octanol–water partition coefficient (Wildman–Crippen LogP) is 2.67. The zero-order valence-electron chi connectivity index (χ0n) is 14.0. The lowest BCUT2D eigenvalue weighted by molar-refractivity contribution is 0.00499. The minimum atomic E-state index is -1.18. The lowest BCUT2D eigenvalue weighted by Crippen LogP contribution is -2.61. The van der Waals surface area contributed by atoms with Gasteiger partial charge in [0.25, 0.3) is 0 Å². The zero-order chi connectivity index (χ0) is 16.3. The molecule has 1 aliphatic heterocycles. The van der Waals surface area contributed by atoms with Gasteiger partial charge in [0.15, 0.2) is 0 Å². The Hall–Kier alpha value is -1.24. The monoisotopic (exact) mass is 316 g/mol. The Morgan fingerprint density at radius 1 is 1.24 bits per heavy atom. The van der Waals surface area contributed by atoms with Crippen LogP contribution in [0.1, 0.15) is 20.8 Å². The van der Waals surface area contributed by atoms with Crippen LogP contribution in [0.4, 0.5) is 9.59 Å². The summed E-state index contributed by atoms with van der Waals surface area (Å²) in [4.78, 5) is 24.9. The summed E-state index contributed by atoms with van der Waals surface area (Å²) in [5.41, 5.74) is -0.495. The van der Waals surface area contributed by atoms with Crippen molar-refractivity contribution in [2.24, 2.45) is 0 Å². The molecule has 1 heterocycles. The molecule has 0 aliphatic carbocycles. The maximum absolute atomic E-state index is 11.7. The number of rotatable bonds is 4. The van der Waals surface area contributed by atoms with Crippen LogP contribution in [-0.2, 0) is 9.47 Å². The van der Waals surface area contributed by atoms with Gasteiger partial charge in [-0.25, -0.2) is 9.59 Å². The lowest BCUT2D eigenvalue weighted by Gasteiger charge is -2.39. The standard InChI is InChI=1S/C14H28N2O4Si/c1-14(2,3)20-13(18)16-9-11(10-16)15-12(17)19-7-8-21(4,5)6/h11H,7-10H2,1-6H3,(H,15,17). The fraction of sp³-hybridized carbons (Fsp3) is 0.857. The quantitative estimate of drug-likeness (QED) is 0.810. The van der Waals surface area contributed by atoms with Gasteiger partial charge in [0, 0.05) is 21.2 Å². The summed E-state index contributed by atoms with van der Waals surface area (Å²) >= 11 is 0. The molecular formula is C14H28N2O4Si. The van der Waals surface area contributed by atoms with Crippen molar-refractivity contribution < 1.29 is 19.1 Å². The second kappa shape index (κ2) is 6.68. The molecule has 1 aliphatic rings. The molecule has 0 spiro atoms. The van der Waals surface area contributed by atoms with E-state index in [4.69, 9.17) is 9.47 Å². The van der Waals surface area contributed by atoms with Gasteiger partial charge in [0.05, 0.1) is 12.6 Å². The van der Waals surface area contributed by atoms with E-state index in [0.29, 0.717) is 19.7 Å². The third kappa shape index (κ3) is 7.36. The number of nitrogens with zero attached hydrogens (tertiary/aromatic N) is 1. The Bertz CT molecular complexity index is 381. The van der Waals surface area contributed by atoms with Crippen LogP contribution in [0.25, 0.3) is 0 Å².